The smallest absolute Gasteiger partial charge is 0.126 e. The van der Waals surface area contributed by atoms with Gasteiger partial charge in [-0.15, -0.1) is 0 Å². The van der Waals surface area contributed by atoms with Crippen LogP contribution in [-0.4, -0.2) is 18.3 Å². The van der Waals surface area contributed by atoms with E-state index >= 15 is 0 Å². The van der Waals surface area contributed by atoms with E-state index in [9.17, 15) is 0 Å². The largest absolute Gasteiger partial charge is 0.374 e. The average molecular weight is 194 g/mol. The monoisotopic (exact) mass is 194 g/mol. The molecule has 1 N–H and O–H groups in total. The first-order chi connectivity index (χ1) is 5.88. The molecule has 0 aliphatic rings. The summed E-state index contributed by atoms with van der Waals surface area (Å²) in [5, 5.41) is 3.72. The number of nitrogens with one attached hydrogen (secondary N) is 1. The first-order valence-electron chi connectivity index (χ1n) is 4.08. The Bertz CT molecular complexity index is 307. The molecule has 0 aliphatic carbocycles. The molecule has 0 saturated heterocycles. The Kier molecular flexibility index (Phi) is 2.86. The fraction of sp³-hybridized carbons (Fsp3) is 0.444. The van der Waals surface area contributed by atoms with Gasteiger partial charge in [-0.25, -0.2) is 4.98 Å². The summed E-state index contributed by atoms with van der Waals surface area (Å²) in [5.74, 6) is 0.745. The fourth-order valence-electron chi connectivity index (χ4n) is 0.938. The van der Waals surface area contributed by atoms with E-state index in [1.807, 2.05) is 26.8 Å². The highest BCUT2D eigenvalue weighted by Gasteiger charge is 2.09. The summed E-state index contributed by atoms with van der Waals surface area (Å²) in [6.07, 6.45) is 1.62. The molecule has 0 saturated carbocycles. The predicted molar refractivity (Wildman–Crippen MR) is 57.4 cm³/mol. The summed E-state index contributed by atoms with van der Waals surface area (Å²) in [6, 6.07) is 1.87. The average Bonchev–Trinajstić information content (AvgIpc) is 1.94. The molecule has 0 aliphatic heterocycles. The van der Waals surface area contributed by atoms with Crippen LogP contribution in [0.1, 0.15) is 19.4 Å². The Morgan fingerprint density at radius 3 is 2.62 bits per heavy atom. The van der Waals surface area contributed by atoms with Crippen LogP contribution in [0.2, 0.25) is 5.02 Å². The van der Waals surface area contributed by atoms with Crippen molar-refractivity contribution in [2.45, 2.75) is 26.2 Å². The molecule has 0 spiro atoms. The lowest BCUT2D eigenvalue weighted by Gasteiger charge is -2.22. The lowest BCUT2D eigenvalue weighted by molar-refractivity contribution is 0.797. The molecule has 0 atom stereocenters. The molecular weight excluding hydrogens is 182 g/mol. The lowest BCUT2D eigenvalue weighted by atomic mass is 9.82. The van der Waals surface area contributed by atoms with Crippen LogP contribution in [-0.2, 0) is 0 Å². The number of nitrogens with zero attached hydrogens (tertiary/aromatic N) is 1. The molecule has 2 radical (unpaired) electrons. The molecule has 0 unspecified atom stereocenters. The van der Waals surface area contributed by atoms with Crippen LogP contribution in [0.3, 0.4) is 0 Å². The summed E-state index contributed by atoms with van der Waals surface area (Å²) in [6.45, 7) is 5.68. The van der Waals surface area contributed by atoms with Crippen LogP contribution < -0.4 is 5.32 Å². The quantitative estimate of drug-likeness (QED) is 0.731. The van der Waals surface area contributed by atoms with E-state index in [0.29, 0.717) is 5.02 Å². The van der Waals surface area contributed by atoms with Crippen LogP contribution in [0.5, 0.6) is 0 Å². The number of aryl methyl sites for hydroxylation is 1. The highest BCUT2D eigenvalue weighted by atomic mass is 35.5. The molecule has 0 bridgehead atoms. The maximum atomic E-state index is 5.83. The van der Waals surface area contributed by atoms with Crippen molar-refractivity contribution in [3.8, 4) is 0 Å². The van der Waals surface area contributed by atoms with E-state index in [-0.39, 0.29) is 0 Å². The molecule has 2 nitrogen and oxygen atoms in total. The fourth-order valence-corrected chi connectivity index (χ4v) is 1.04. The van der Waals surface area contributed by atoms with Crippen molar-refractivity contribution in [3.05, 3.63) is 22.8 Å². The van der Waals surface area contributed by atoms with E-state index in [2.05, 4.69) is 10.3 Å². The third kappa shape index (κ3) is 3.27. The minimum atomic E-state index is -0.465. The second kappa shape index (κ2) is 3.58. The van der Waals surface area contributed by atoms with Gasteiger partial charge in [-0.2, -0.15) is 0 Å². The number of halogens is 1. The Morgan fingerprint density at radius 1 is 1.54 bits per heavy atom. The number of hydrogen-bond donors (Lipinski definition) is 1. The van der Waals surface area contributed by atoms with Crippen LogP contribution in [0, 0.1) is 6.92 Å². The third-order valence-electron chi connectivity index (χ3n) is 1.50. The highest BCUT2D eigenvalue weighted by Crippen LogP contribution is 2.18. The van der Waals surface area contributed by atoms with Crippen molar-refractivity contribution >= 4 is 25.3 Å². The maximum absolute atomic E-state index is 5.83. The Labute approximate surface area is 85.1 Å². The normalized spacial score (nSPS) is 11.4. The molecule has 0 amide bonds. The highest BCUT2D eigenvalue weighted by molar-refractivity contribution is 6.31. The minimum Gasteiger partial charge on any atom is -0.374 e. The van der Waals surface area contributed by atoms with Crippen molar-refractivity contribution < 1.29 is 0 Å². The van der Waals surface area contributed by atoms with Gasteiger partial charge in [0.05, 0.1) is 5.02 Å². The molecule has 68 valence electrons. The van der Waals surface area contributed by atoms with E-state index in [1.165, 1.54) is 0 Å². The number of hydrogen-bond acceptors (Lipinski definition) is 2. The predicted octanol–water partition coefficient (Wildman–Crippen LogP) is 2.36. The summed E-state index contributed by atoms with van der Waals surface area (Å²) in [4.78, 5) is 4.10. The first-order valence-corrected chi connectivity index (χ1v) is 4.45. The van der Waals surface area contributed by atoms with Gasteiger partial charge in [0.25, 0.3) is 0 Å². The minimum absolute atomic E-state index is 0.465. The van der Waals surface area contributed by atoms with Gasteiger partial charge in [-0.05, 0) is 24.0 Å². The van der Waals surface area contributed by atoms with Gasteiger partial charge >= 0.3 is 0 Å². The van der Waals surface area contributed by atoms with Gasteiger partial charge in [0.15, 0.2) is 0 Å². The SMILES string of the molecule is [B]C(C)(C)Nc1cc(C)c(Cl)cn1. The van der Waals surface area contributed by atoms with Crippen LogP contribution >= 0.6 is 11.6 Å². The summed E-state index contributed by atoms with van der Waals surface area (Å²) in [7, 11) is 5.77. The Balaban J connectivity index is 2.86. The summed E-state index contributed by atoms with van der Waals surface area (Å²) < 4.78 is 0. The maximum Gasteiger partial charge on any atom is 0.126 e. The first kappa shape index (κ1) is 10.4. The zero-order valence-corrected chi connectivity index (χ0v) is 8.81. The van der Waals surface area contributed by atoms with E-state index < -0.39 is 5.44 Å². The second-order valence-electron chi connectivity index (χ2n) is 3.67. The summed E-state index contributed by atoms with van der Waals surface area (Å²) >= 11 is 5.83. The van der Waals surface area contributed by atoms with Crippen molar-refractivity contribution in [2.75, 3.05) is 5.32 Å². The van der Waals surface area contributed by atoms with Gasteiger partial charge in [0.2, 0.25) is 0 Å². The molecule has 0 aromatic carbocycles. The molecule has 1 rings (SSSR count). The van der Waals surface area contributed by atoms with Gasteiger partial charge < -0.3 is 5.32 Å². The van der Waals surface area contributed by atoms with Gasteiger partial charge in [0, 0.05) is 6.20 Å². The standard InChI is InChI=1S/C9H12BClN2/c1-6-4-8(12-5-7(6)11)13-9(2,3)10/h4-5H,1-3H3,(H,12,13). The van der Waals surface area contributed by atoms with E-state index in [4.69, 9.17) is 19.4 Å². The van der Waals surface area contributed by atoms with Crippen molar-refractivity contribution in [2.24, 2.45) is 0 Å². The second-order valence-corrected chi connectivity index (χ2v) is 4.07. The Hall–Kier alpha value is -0.695. The summed E-state index contributed by atoms with van der Waals surface area (Å²) in [5.41, 5.74) is 0.524. The van der Waals surface area contributed by atoms with E-state index in [1.54, 1.807) is 6.20 Å². The molecule has 1 aromatic heterocycles. The topological polar surface area (TPSA) is 24.9 Å². The molecule has 13 heavy (non-hydrogen) atoms. The molecular formula is C9H12BClN2. The van der Waals surface area contributed by atoms with Crippen LogP contribution in [0.25, 0.3) is 0 Å². The van der Waals surface area contributed by atoms with Crippen LogP contribution in [0.4, 0.5) is 5.82 Å². The molecule has 4 heteroatoms. The van der Waals surface area contributed by atoms with Gasteiger partial charge in [0.1, 0.15) is 13.7 Å². The molecule has 0 fully saturated rings. The lowest BCUT2D eigenvalue weighted by Crippen LogP contribution is -2.31. The van der Waals surface area contributed by atoms with Crippen molar-refractivity contribution in [1.82, 2.24) is 4.98 Å². The Morgan fingerprint density at radius 2 is 2.15 bits per heavy atom. The van der Waals surface area contributed by atoms with Crippen molar-refractivity contribution in [3.63, 3.8) is 0 Å². The zero-order chi connectivity index (χ0) is 10.1. The molecule has 1 aromatic rings. The third-order valence-corrected chi connectivity index (χ3v) is 1.89. The number of aromatic nitrogens is 1. The van der Waals surface area contributed by atoms with Gasteiger partial charge in [-0.1, -0.05) is 25.4 Å². The van der Waals surface area contributed by atoms with Crippen molar-refractivity contribution in [1.29, 1.82) is 0 Å². The zero-order valence-electron chi connectivity index (χ0n) is 8.06. The molecule has 1 heterocycles. The number of pyridine rings is 1. The van der Waals surface area contributed by atoms with Crippen LogP contribution in [0.15, 0.2) is 12.3 Å². The van der Waals surface area contributed by atoms with E-state index in [0.717, 1.165) is 11.4 Å². The van der Waals surface area contributed by atoms with Gasteiger partial charge in [-0.3, -0.25) is 0 Å². The number of anilines is 1. The number of rotatable bonds is 2.